The molecule has 0 bridgehead atoms. The zero-order valence-electron chi connectivity index (χ0n) is 10.7. The zero-order chi connectivity index (χ0) is 14.0. The molecule has 0 amide bonds. The first-order valence-electron chi connectivity index (χ1n) is 5.92. The number of hydrogen-bond acceptors (Lipinski definition) is 1. The largest absolute Gasteiger partial charge is 0.379 e. The van der Waals surface area contributed by atoms with Crippen LogP contribution in [0.4, 0.5) is 10.1 Å². The number of rotatable bonds is 3. The molecule has 0 saturated carbocycles. The summed E-state index contributed by atoms with van der Waals surface area (Å²) in [5.74, 6) is -0.183. The molecular formula is C15H14Br2FN. The second-order valence-corrected chi connectivity index (χ2v) is 6.26. The van der Waals surface area contributed by atoms with Crippen LogP contribution in [0.3, 0.4) is 0 Å². The fourth-order valence-corrected chi connectivity index (χ4v) is 3.59. The van der Waals surface area contributed by atoms with Crippen molar-refractivity contribution in [3.05, 3.63) is 61.8 Å². The van der Waals surface area contributed by atoms with Gasteiger partial charge >= 0.3 is 0 Å². The molecule has 4 heteroatoms. The third-order valence-electron chi connectivity index (χ3n) is 2.84. The van der Waals surface area contributed by atoms with Crippen molar-refractivity contribution < 1.29 is 4.39 Å². The van der Waals surface area contributed by atoms with Gasteiger partial charge in [-0.05, 0) is 69.5 Å². The van der Waals surface area contributed by atoms with Gasteiger partial charge in [-0.3, -0.25) is 0 Å². The van der Waals surface area contributed by atoms with E-state index in [2.05, 4.69) is 37.2 Å². The fourth-order valence-electron chi connectivity index (χ4n) is 1.89. The minimum atomic E-state index is -0.183. The second kappa shape index (κ2) is 6.06. The molecule has 0 fully saturated rings. The van der Waals surface area contributed by atoms with Crippen LogP contribution in [0.2, 0.25) is 0 Å². The van der Waals surface area contributed by atoms with E-state index in [1.54, 1.807) is 6.07 Å². The van der Waals surface area contributed by atoms with Crippen molar-refractivity contribution in [3.63, 3.8) is 0 Å². The molecule has 0 radical (unpaired) electrons. The Morgan fingerprint density at radius 3 is 2.26 bits per heavy atom. The van der Waals surface area contributed by atoms with Gasteiger partial charge in [0.1, 0.15) is 5.82 Å². The summed E-state index contributed by atoms with van der Waals surface area (Å²) in [6.07, 6.45) is 0. The zero-order valence-corrected chi connectivity index (χ0v) is 13.9. The molecule has 0 aliphatic heterocycles. The van der Waals surface area contributed by atoms with Crippen LogP contribution in [-0.4, -0.2) is 0 Å². The van der Waals surface area contributed by atoms with Gasteiger partial charge < -0.3 is 5.32 Å². The van der Waals surface area contributed by atoms with Crippen LogP contribution in [0.15, 0.2) is 39.3 Å². The van der Waals surface area contributed by atoms with Crippen molar-refractivity contribution in [1.29, 1.82) is 0 Å². The summed E-state index contributed by atoms with van der Waals surface area (Å²) in [6, 6.07) is 9.19. The average Bonchev–Trinajstić information content (AvgIpc) is 2.32. The van der Waals surface area contributed by atoms with E-state index in [0.717, 1.165) is 25.8 Å². The number of aryl methyl sites for hydroxylation is 2. The molecule has 0 heterocycles. The molecular weight excluding hydrogens is 373 g/mol. The van der Waals surface area contributed by atoms with Crippen LogP contribution < -0.4 is 5.32 Å². The Hall–Kier alpha value is -0.870. The molecule has 2 rings (SSSR count). The molecule has 1 nitrogen and oxygen atoms in total. The Kier molecular flexibility index (Phi) is 4.63. The number of anilines is 1. The molecule has 0 saturated heterocycles. The predicted molar refractivity (Wildman–Crippen MR) is 85.0 cm³/mol. The van der Waals surface area contributed by atoms with Gasteiger partial charge in [0.25, 0.3) is 0 Å². The first kappa shape index (κ1) is 14.5. The smallest absolute Gasteiger partial charge is 0.128 e. The van der Waals surface area contributed by atoms with Crippen LogP contribution in [0, 0.1) is 19.7 Å². The highest BCUT2D eigenvalue weighted by molar-refractivity contribution is 9.11. The maximum absolute atomic E-state index is 13.7. The summed E-state index contributed by atoms with van der Waals surface area (Å²) in [5, 5.41) is 3.26. The number of hydrogen-bond donors (Lipinski definition) is 1. The number of benzene rings is 2. The van der Waals surface area contributed by atoms with E-state index in [4.69, 9.17) is 0 Å². The summed E-state index contributed by atoms with van der Waals surface area (Å²) in [5.41, 5.74) is 3.82. The van der Waals surface area contributed by atoms with Crippen molar-refractivity contribution >= 4 is 37.5 Å². The lowest BCUT2D eigenvalue weighted by molar-refractivity contribution is 0.612. The molecule has 0 unspecified atom stereocenters. The number of halogens is 3. The van der Waals surface area contributed by atoms with Crippen LogP contribution >= 0.6 is 31.9 Å². The van der Waals surface area contributed by atoms with Gasteiger partial charge in [-0.2, -0.15) is 0 Å². The highest BCUT2D eigenvalue weighted by Gasteiger charge is 2.08. The Labute approximate surface area is 129 Å². The van der Waals surface area contributed by atoms with Gasteiger partial charge in [0.05, 0.1) is 5.69 Å². The summed E-state index contributed by atoms with van der Waals surface area (Å²) < 4.78 is 15.6. The van der Waals surface area contributed by atoms with Crippen LogP contribution in [0.1, 0.15) is 16.7 Å². The highest BCUT2D eigenvalue weighted by Crippen LogP contribution is 2.32. The molecule has 0 aliphatic carbocycles. The van der Waals surface area contributed by atoms with Crippen molar-refractivity contribution in [2.75, 3.05) is 5.32 Å². The topological polar surface area (TPSA) is 12.0 Å². The summed E-state index contributed by atoms with van der Waals surface area (Å²) in [6.45, 7) is 4.44. The van der Waals surface area contributed by atoms with E-state index in [1.165, 1.54) is 6.07 Å². The van der Waals surface area contributed by atoms with E-state index in [0.29, 0.717) is 12.1 Å². The van der Waals surface area contributed by atoms with E-state index < -0.39 is 0 Å². The standard InChI is InChI=1S/C15H14Br2FN/c1-9-3-4-14(18)11(5-9)8-19-15-12(16)6-10(2)7-13(15)17/h3-7,19H,8H2,1-2H3. The first-order chi connectivity index (χ1) is 8.97. The molecule has 2 aromatic carbocycles. The van der Waals surface area contributed by atoms with E-state index in [1.807, 2.05) is 32.0 Å². The van der Waals surface area contributed by atoms with Crippen molar-refractivity contribution in [2.45, 2.75) is 20.4 Å². The summed E-state index contributed by atoms with van der Waals surface area (Å²) in [4.78, 5) is 0. The molecule has 0 spiro atoms. The van der Waals surface area contributed by atoms with E-state index in [9.17, 15) is 4.39 Å². The lowest BCUT2D eigenvalue weighted by atomic mass is 10.1. The third-order valence-corrected chi connectivity index (χ3v) is 4.09. The van der Waals surface area contributed by atoms with Crippen molar-refractivity contribution in [3.8, 4) is 0 Å². The van der Waals surface area contributed by atoms with Gasteiger partial charge in [0.2, 0.25) is 0 Å². The van der Waals surface area contributed by atoms with Gasteiger partial charge in [0.15, 0.2) is 0 Å². The van der Waals surface area contributed by atoms with E-state index in [-0.39, 0.29) is 5.82 Å². The third kappa shape index (κ3) is 3.57. The molecule has 0 atom stereocenters. The second-order valence-electron chi connectivity index (χ2n) is 4.55. The lowest BCUT2D eigenvalue weighted by Gasteiger charge is -2.12. The molecule has 0 aromatic heterocycles. The Morgan fingerprint density at radius 2 is 1.63 bits per heavy atom. The minimum absolute atomic E-state index is 0.183. The Morgan fingerprint density at radius 1 is 1.00 bits per heavy atom. The predicted octanol–water partition coefficient (Wildman–Crippen LogP) is 5.58. The summed E-state index contributed by atoms with van der Waals surface area (Å²) >= 11 is 7.04. The van der Waals surface area contributed by atoms with Crippen molar-refractivity contribution in [1.82, 2.24) is 0 Å². The average molecular weight is 387 g/mol. The van der Waals surface area contributed by atoms with Gasteiger partial charge in [-0.25, -0.2) is 4.39 Å². The van der Waals surface area contributed by atoms with Gasteiger partial charge in [-0.15, -0.1) is 0 Å². The highest BCUT2D eigenvalue weighted by atomic mass is 79.9. The maximum atomic E-state index is 13.7. The van der Waals surface area contributed by atoms with Gasteiger partial charge in [-0.1, -0.05) is 17.7 Å². The van der Waals surface area contributed by atoms with E-state index >= 15 is 0 Å². The van der Waals surface area contributed by atoms with Crippen LogP contribution in [0.25, 0.3) is 0 Å². The molecule has 100 valence electrons. The molecule has 1 N–H and O–H groups in total. The molecule has 0 aliphatic rings. The SMILES string of the molecule is Cc1cc(Br)c(NCc2cc(C)ccc2F)c(Br)c1. The quantitative estimate of drug-likeness (QED) is 0.725. The Balaban J connectivity index is 2.21. The molecule has 19 heavy (non-hydrogen) atoms. The monoisotopic (exact) mass is 385 g/mol. The Bertz CT molecular complexity index is 588. The van der Waals surface area contributed by atoms with Crippen molar-refractivity contribution in [2.24, 2.45) is 0 Å². The fraction of sp³-hybridized carbons (Fsp3) is 0.200. The summed E-state index contributed by atoms with van der Waals surface area (Å²) in [7, 11) is 0. The minimum Gasteiger partial charge on any atom is -0.379 e. The maximum Gasteiger partial charge on any atom is 0.128 e. The molecule has 2 aromatic rings. The van der Waals surface area contributed by atoms with Crippen LogP contribution in [0.5, 0.6) is 0 Å². The number of nitrogens with one attached hydrogen (secondary N) is 1. The lowest BCUT2D eigenvalue weighted by Crippen LogP contribution is -2.03. The normalized spacial score (nSPS) is 10.6. The van der Waals surface area contributed by atoms with Crippen LogP contribution in [-0.2, 0) is 6.54 Å². The first-order valence-corrected chi connectivity index (χ1v) is 7.50. The van der Waals surface area contributed by atoms with Gasteiger partial charge in [0, 0.05) is 21.1 Å².